The Labute approximate surface area is 128 Å². The van der Waals surface area contributed by atoms with Crippen molar-refractivity contribution in [1.29, 1.82) is 0 Å². The van der Waals surface area contributed by atoms with Gasteiger partial charge in [0.15, 0.2) is 0 Å². The lowest BCUT2D eigenvalue weighted by atomic mass is 10.2. The number of pyridine rings is 1. The summed E-state index contributed by atoms with van der Waals surface area (Å²) in [5.74, 6) is -0.465. The number of benzene rings is 1. The number of morpholine rings is 1. The molecule has 116 valence electrons. The molecule has 7 heteroatoms. The normalized spacial score (nSPS) is 20.0. The van der Waals surface area contributed by atoms with E-state index >= 15 is 0 Å². The van der Waals surface area contributed by atoms with Gasteiger partial charge in [-0.3, -0.25) is 4.98 Å². The molecule has 1 aliphatic heterocycles. The first kappa shape index (κ1) is 15.1. The number of aromatic nitrogens is 1. The molecule has 22 heavy (non-hydrogen) atoms. The van der Waals surface area contributed by atoms with E-state index < -0.39 is 21.9 Å². The van der Waals surface area contributed by atoms with E-state index in [0.717, 1.165) is 12.1 Å². The molecule has 0 radical (unpaired) electrons. The van der Waals surface area contributed by atoms with Crippen LogP contribution in [0.15, 0.2) is 53.6 Å². The van der Waals surface area contributed by atoms with Gasteiger partial charge in [-0.15, -0.1) is 0 Å². The van der Waals surface area contributed by atoms with E-state index in [9.17, 15) is 12.8 Å². The average Bonchev–Trinajstić information content (AvgIpc) is 2.56. The van der Waals surface area contributed by atoms with E-state index in [2.05, 4.69) is 4.98 Å². The Morgan fingerprint density at radius 3 is 2.64 bits per heavy atom. The van der Waals surface area contributed by atoms with Crippen molar-refractivity contribution in [3.63, 3.8) is 0 Å². The zero-order valence-corrected chi connectivity index (χ0v) is 12.5. The Kier molecular flexibility index (Phi) is 4.19. The van der Waals surface area contributed by atoms with Gasteiger partial charge in [0.05, 0.1) is 17.2 Å². The minimum Gasteiger partial charge on any atom is -0.369 e. The molecular formula is C15H15FN2O3S. The maximum atomic E-state index is 13.0. The van der Waals surface area contributed by atoms with E-state index in [1.54, 1.807) is 18.3 Å². The van der Waals surface area contributed by atoms with Crippen LogP contribution in [-0.4, -0.2) is 37.4 Å². The van der Waals surface area contributed by atoms with Crippen LogP contribution in [0.2, 0.25) is 0 Å². The molecule has 1 atom stereocenters. The first-order valence-corrected chi connectivity index (χ1v) is 8.29. The third-order valence-corrected chi connectivity index (χ3v) is 5.38. The van der Waals surface area contributed by atoms with Gasteiger partial charge in [0.1, 0.15) is 11.9 Å². The molecule has 0 amide bonds. The SMILES string of the molecule is O=S(=O)(c1ccc(F)cc1)N1CCO[C@H](c2ccccn2)C1. The van der Waals surface area contributed by atoms with Crippen LogP contribution in [0, 0.1) is 5.82 Å². The summed E-state index contributed by atoms with van der Waals surface area (Å²) in [6, 6.07) is 10.3. The molecule has 1 aromatic carbocycles. The zero-order valence-electron chi connectivity index (χ0n) is 11.7. The van der Waals surface area contributed by atoms with Crippen molar-refractivity contribution in [2.75, 3.05) is 19.7 Å². The maximum Gasteiger partial charge on any atom is 0.243 e. The number of hydrogen-bond donors (Lipinski definition) is 0. The third-order valence-electron chi connectivity index (χ3n) is 3.50. The smallest absolute Gasteiger partial charge is 0.243 e. The quantitative estimate of drug-likeness (QED) is 0.867. The molecule has 1 fully saturated rings. The summed E-state index contributed by atoms with van der Waals surface area (Å²) in [4.78, 5) is 4.29. The molecule has 1 saturated heterocycles. The molecule has 0 N–H and O–H groups in total. The zero-order chi connectivity index (χ0) is 15.6. The van der Waals surface area contributed by atoms with Gasteiger partial charge in [0, 0.05) is 19.3 Å². The highest BCUT2D eigenvalue weighted by Gasteiger charge is 2.31. The summed E-state index contributed by atoms with van der Waals surface area (Å²) in [7, 11) is -3.66. The fraction of sp³-hybridized carbons (Fsp3) is 0.267. The Morgan fingerprint density at radius 2 is 1.95 bits per heavy atom. The molecule has 0 saturated carbocycles. The summed E-state index contributed by atoms with van der Waals surface area (Å²) < 4.78 is 45.1. The van der Waals surface area contributed by atoms with Gasteiger partial charge in [0.2, 0.25) is 10.0 Å². The number of ether oxygens (including phenoxy) is 1. The second-order valence-corrected chi connectivity index (χ2v) is 6.87. The van der Waals surface area contributed by atoms with Crippen molar-refractivity contribution in [1.82, 2.24) is 9.29 Å². The summed E-state index contributed by atoms with van der Waals surface area (Å²) in [6.07, 6.45) is 1.25. The van der Waals surface area contributed by atoms with Crippen LogP contribution in [0.4, 0.5) is 4.39 Å². The van der Waals surface area contributed by atoms with Crippen LogP contribution in [0.3, 0.4) is 0 Å². The molecule has 0 unspecified atom stereocenters. The van der Waals surface area contributed by atoms with E-state index in [4.69, 9.17) is 4.74 Å². The van der Waals surface area contributed by atoms with Crippen LogP contribution in [0.5, 0.6) is 0 Å². The van der Waals surface area contributed by atoms with Gasteiger partial charge < -0.3 is 4.74 Å². The predicted octanol–water partition coefficient (Wildman–Crippen LogP) is 1.98. The van der Waals surface area contributed by atoms with Gasteiger partial charge in [-0.25, -0.2) is 12.8 Å². The van der Waals surface area contributed by atoms with E-state index in [0.29, 0.717) is 12.3 Å². The van der Waals surface area contributed by atoms with Gasteiger partial charge in [-0.1, -0.05) is 6.07 Å². The molecule has 1 aromatic heterocycles. The molecule has 2 heterocycles. The van der Waals surface area contributed by atoms with Crippen LogP contribution >= 0.6 is 0 Å². The highest BCUT2D eigenvalue weighted by Crippen LogP contribution is 2.25. The molecule has 0 bridgehead atoms. The molecule has 5 nitrogen and oxygen atoms in total. The van der Waals surface area contributed by atoms with Gasteiger partial charge in [-0.2, -0.15) is 4.31 Å². The number of sulfonamides is 1. The van der Waals surface area contributed by atoms with Crippen molar-refractivity contribution in [2.45, 2.75) is 11.0 Å². The Hall–Kier alpha value is -1.83. The minimum absolute atomic E-state index is 0.0792. The summed E-state index contributed by atoms with van der Waals surface area (Å²) in [5.41, 5.74) is 0.696. The molecule has 2 aromatic rings. The summed E-state index contributed by atoms with van der Waals surface area (Å²) in [5, 5.41) is 0. The van der Waals surface area contributed by atoms with E-state index in [1.807, 2.05) is 6.07 Å². The first-order valence-electron chi connectivity index (χ1n) is 6.85. The van der Waals surface area contributed by atoms with Crippen LogP contribution in [0.1, 0.15) is 11.8 Å². The fourth-order valence-corrected chi connectivity index (χ4v) is 3.77. The number of halogens is 1. The standard InChI is InChI=1S/C15H15FN2O3S/c16-12-4-6-13(7-5-12)22(19,20)18-9-10-21-15(11-18)14-3-1-2-8-17-14/h1-8,15H,9-11H2/t15-/m0/s1. The number of nitrogens with zero attached hydrogens (tertiary/aromatic N) is 2. The lowest BCUT2D eigenvalue weighted by Crippen LogP contribution is -2.42. The van der Waals surface area contributed by atoms with Crippen molar-refractivity contribution in [2.24, 2.45) is 0 Å². The van der Waals surface area contributed by atoms with Crippen LogP contribution in [-0.2, 0) is 14.8 Å². The monoisotopic (exact) mass is 322 g/mol. The molecule has 3 rings (SSSR count). The molecule has 1 aliphatic rings. The lowest BCUT2D eigenvalue weighted by molar-refractivity contribution is -0.00493. The highest BCUT2D eigenvalue weighted by molar-refractivity contribution is 7.89. The van der Waals surface area contributed by atoms with Crippen LogP contribution in [0.25, 0.3) is 0 Å². The van der Waals surface area contributed by atoms with E-state index in [1.165, 1.54) is 16.4 Å². The van der Waals surface area contributed by atoms with Crippen molar-refractivity contribution < 1.29 is 17.5 Å². The van der Waals surface area contributed by atoms with Crippen molar-refractivity contribution >= 4 is 10.0 Å². The van der Waals surface area contributed by atoms with Crippen molar-refractivity contribution in [3.05, 3.63) is 60.2 Å². The molecule has 0 aliphatic carbocycles. The summed E-state index contributed by atoms with van der Waals surface area (Å²) >= 11 is 0. The largest absolute Gasteiger partial charge is 0.369 e. The van der Waals surface area contributed by atoms with Gasteiger partial charge in [-0.05, 0) is 36.4 Å². The minimum atomic E-state index is -3.66. The summed E-state index contributed by atoms with van der Waals surface area (Å²) in [6.45, 7) is 0.751. The average molecular weight is 322 g/mol. The topological polar surface area (TPSA) is 59.5 Å². The Morgan fingerprint density at radius 1 is 1.18 bits per heavy atom. The first-order chi connectivity index (χ1) is 10.6. The molecular weight excluding hydrogens is 307 g/mol. The number of rotatable bonds is 3. The fourth-order valence-electron chi connectivity index (χ4n) is 2.35. The Bertz CT molecular complexity index is 735. The highest BCUT2D eigenvalue weighted by atomic mass is 32.2. The lowest BCUT2D eigenvalue weighted by Gasteiger charge is -2.31. The maximum absolute atomic E-state index is 13.0. The van der Waals surface area contributed by atoms with Crippen molar-refractivity contribution in [3.8, 4) is 0 Å². The Balaban J connectivity index is 1.83. The second kappa shape index (κ2) is 6.12. The number of hydrogen-bond acceptors (Lipinski definition) is 4. The van der Waals surface area contributed by atoms with E-state index in [-0.39, 0.29) is 18.0 Å². The second-order valence-electron chi connectivity index (χ2n) is 4.93. The third kappa shape index (κ3) is 3.01. The molecule has 0 spiro atoms. The van der Waals surface area contributed by atoms with Gasteiger partial charge >= 0.3 is 0 Å². The van der Waals surface area contributed by atoms with Crippen LogP contribution < -0.4 is 0 Å². The van der Waals surface area contributed by atoms with Gasteiger partial charge in [0.25, 0.3) is 0 Å². The predicted molar refractivity (Wildman–Crippen MR) is 78.1 cm³/mol.